The van der Waals surface area contributed by atoms with Crippen LogP contribution >= 0.6 is 0 Å². The number of rotatable bonds is 10. The largest absolute Gasteiger partial charge is 0.480 e. The van der Waals surface area contributed by atoms with E-state index in [4.69, 9.17) is 5.11 Å². The predicted octanol–water partition coefficient (Wildman–Crippen LogP) is 3.30. The van der Waals surface area contributed by atoms with Crippen LogP contribution in [0.15, 0.2) is 30.3 Å². The lowest BCUT2D eigenvalue weighted by Crippen LogP contribution is -2.51. The van der Waals surface area contributed by atoms with E-state index in [0.717, 1.165) is 70.3 Å². The molecule has 0 aromatic heterocycles. The van der Waals surface area contributed by atoms with Gasteiger partial charge in [-0.2, -0.15) is 0 Å². The van der Waals surface area contributed by atoms with Crippen LogP contribution in [0.2, 0.25) is 0 Å². The summed E-state index contributed by atoms with van der Waals surface area (Å²) < 4.78 is 0. The third kappa shape index (κ3) is 7.20. The molecule has 3 rings (SSSR count). The first-order valence-electron chi connectivity index (χ1n) is 12.3. The van der Waals surface area contributed by atoms with Gasteiger partial charge < -0.3 is 25.5 Å². The zero-order chi connectivity index (χ0) is 22.9. The van der Waals surface area contributed by atoms with Gasteiger partial charge in [-0.15, -0.1) is 0 Å². The average molecular weight is 445 g/mol. The zero-order valence-corrected chi connectivity index (χ0v) is 19.6. The van der Waals surface area contributed by atoms with Gasteiger partial charge in [-0.05, 0) is 56.9 Å². The van der Waals surface area contributed by atoms with E-state index in [1.165, 1.54) is 0 Å². The standard InChI is InChI=1S/C25H40N4O3/c1-3-13-29(25(32)26-17-20-7-5-4-6-8-20)23-11-14-28(15-12-23)18-21-9-10-22(16-21)27-19(2)24(30)31/h4-8,19,21-23,27H,3,9-18H2,1-2H3,(H,26,32)(H,30,31). The monoisotopic (exact) mass is 444 g/mol. The molecule has 2 fully saturated rings. The molecule has 32 heavy (non-hydrogen) atoms. The lowest BCUT2D eigenvalue weighted by molar-refractivity contribution is -0.139. The average Bonchev–Trinajstić information content (AvgIpc) is 3.23. The smallest absolute Gasteiger partial charge is 0.320 e. The van der Waals surface area contributed by atoms with Gasteiger partial charge in [0.1, 0.15) is 6.04 Å². The summed E-state index contributed by atoms with van der Waals surface area (Å²) >= 11 is 0. The van der Waals surface area contributed by atoms with Crippen molar-refractivity contribution in [3.05, 3.63) is 35.9 Å². The summed E-state index contributed by atoms with van der Waals surface area (Å²) in [6, 6.07) is 10.2. The number of aliphatic carboxylic acids is 1. The second kappa shape index (κ2) is 12.2. The van der Waals surface area contributed by atoms with Crippen LogP contribution in [0, 0.1) is 5.92 Å². The van der Waals surface area contributed by atoms with E-state index in [-0.39, 0.29) is 6.03 Å². The highest BCUT2D eigenvalue weighted by Crippen LogP contribution is 2.28. The Morgan fingerprint density at radius 2 is 1.88 bits per heavy atom. The molecule has 2 aliphatic rings. The van der Waals surface area contributed by atoms with Crippen LogP contribution in [0.1, 0.15) is 57.9 Å². The van der Waals surface area contributed by atoms with Crippen molar-refractivity contribution in [3.63, 3.8) is 0 Å². The molecule has 1 aliphatic heterocycles. The molecule has 1 saturated heterocycles. The van der Waals surface area contributed by atoms with Crippen LogP contribution in [0.25, 0.3) is 0 Å². The molecule has 3 N–H and O–H groups in total. The van der Waals surface area contributed by atoms with E-state index >= 15 is 0 Å². The third-order valence-electron chi connectivity index (χ3n) is 6.92. The minimum atomic E-state index is -0.778. The molecule has 1 heterocycles. The van der Waals surface area contributed by atoms with Crippen molar-refractivity contribution in [2.45, 2.75) is 77.0 Å². The van der Waals surface area contributed by atoms with Crippen LogP contribution in [0.5, 0.6) is 0 Å². The summed E-state index contributed by atoms with van der Waals surface area (Å²) in [7, 11) is 0. The molecule has 178 valence electrons. The first-order chi connectivity index (χ1) is 15.5. The van der Waals surface area contributed by atoms with Crippen molar-refractivity contribution in [1.82, 2.24) is 20.4 Å². The summed E-state index contributed by atoms with van der Waals surface area (Å²) in [6.07, 6.45) is 6.27. The topological polar surface area (TPSA) is 84.9 Å². The lowest BCUT2D eigenvalue weighted by Gasteiger charge is -2.39. The molecule has 1 aliphatic carbocycles. The highest BCUT2D eigenvalue weighted by Gasteiger charge is 2.31. The summed E-state index contributed by atoms with van der Waals surface area (Å²) in [5, 5.41) is 15.5. The van der Waals surface area contributed by atoms with E-state index in [9.17, 15) is 9.59 Å². The maximum Gasteiger partial charge on any atom is 0.320 e. The fraction of sp³-hybridized carbons (Fsp3) is 0.680. The van der Waals surface area contributed by atoms with Gasteiger partial charge in [0.15, 0.2) is 0 Å². The molecule has 1 saturated carbocycles. The van der Waals surface area contributed by atoms with Crippen molar-refractivity contribution >= 4 is 12.0 Å². The molecule has 0 bridgehead atoms. The van der Waals surface area contributed by atoms with Gasteiger partial charge >= 0.3 is 12.0 Å². The molecule has 0 radical (unpaired) electrons. The Morgan fingerprint density at radius 3 is 2.53 bits per heavy atom. The molecule has 1 aromatic carbocycles. The summed E-state index contributed by atoms with van der Waals surface area (Å²) in [5.41, 5.74) is 1.12. The molecule has 3 atom stereocenters. The quantitative estimate of drug-likeness (QED) is 0.516. The first kappa shape index (κ1) is 24.5. The number of piperidine rings is 1. The van der Waals surface area contributed by atoms with Crippen molar-refractivity contribution in [1.29, 1.82) is 0 Å². The number of likely N-dealkylation sites (tertiary alicyclic amines) is 1. The van der Waals surface area contributed by atoms with Gasteiger partial charge in [0, 0.05) is 44.8 Å². The van der Waals surface area contributed by atoms with Gasteiger partial charge in [0.05, 0.1) is 0 Å². The maximum absolute atomic E-state index is 12.9. The minimum Gasteiger partial charge on any atom is -0.480 e. The molecule has 3 unspecified atom stereocenters. The van der Waals surface area contributed by atoms with Crippen LogP contribution in [0.3, 0.4) is 0 Å². The van der Waals surface area contributed by atoms with Gasteiger partial charge in [-0.1, -0.05) is 37.3 Å². The van der Waals surface area contributed by atoms with Crippen molar-refractivity contribution in [2.24, 2.45) is 5.92 Å². The summed E-state index contributed by atoms with van der Waals surface area (Å²) in [4.78, 5) is 28.5. The van der Waals surface area contributed by atoms with Gasteiger partial charge in [0.2, 0.25) is 0 Å². The first-order valence-corrected chi connectivity index (χ1v) is 12.3. The third-order valence-corrected chi connectivity index (χ3v) is 6.92. The second-order valence-electron chi connectivity index (χ2n) is 9.47. The van der Waals surface area contributed by atoms with E-state index in [1.54, 1.807) is 6.92 Å². The number of urea groups is 1. The fourth-order valence-corrected chi connectivity index (χ4v) is 5.16. The van der Waals surface area contributed by atoms with Crippen LogP contribution in [-0.4, -0.2) is 71.2 Å². The number of carbonyl (C=O) groups is 2. The van der Waals surface area contributed by atoms with E-state index in [0.29, 0.717) is 24.5 Å². The Labute approximate surface area is 192 Å². The van der Waals surface area contributed by atoms with E-state index in [1.807, 2.05) is 35.2 Å². The maximum atomic E-state index is 12.9. The van der Waals surface area contributed by atoms with Gasteiger partial charge in [-0.25, -0.2) is 4.79 Å². The highest BCUT2D eigenvalue weighted by atomic mass is 16.4. The fourth-order valence-electron chi connectivity index (χ4n) is 5.16. The van der Waals surface area contributed by atoms with Crippen molar-refractivity contribution in [3.8, 4) is 0 Å². The normalized spacial score (nSPS) is 23.1. The Morgan fingerprint density at radius 1 is 1.16 bits per heavy atom. The second-order valence-corrected chi connectivity index (χ2v) is 9.47. The molecular weight excluding hydrogens is 404 g/mol. The Kier molecular flexibility index (Phi) is 9.36. The Hall–Kier alpha value is -2.12. The number of nitrogens with one attached hydrogen (secondary N) is 2. The van der Waals surface area contributed by atoms with Crippen LogP contribution in [-0.2, 0) is 11.3 Å². The molecule has 0 spiro atoms. The predicted molar refractivity (Wildman–Crippen MR) is 126 cm³/mol. The molecule has 7 nitrogen and oxygen atoms in total. The van der Waals surface area contributed by atoms with Crippen molar-refractivity contribution < 1.29 is 14.7 Å². The van der Waals surface area contributed by atoms with Gasteiger partial charge in [0.25, 0.3) is 0 Å². The van der Waals surface area contributed by atoms with Crippen LogP contribution in [0.4, 0.5) is 4.79 Å². The number of benzene rings is 1. The number of amides is 2. The number of hydrogen-bond donors (Lipinski definition) is 3. The van der Waals surface area contributed by atoms with Crippen LogP contribution < -0.4 is 10.6 Å². The van der Waals surface area contributed by atoms with Gasteiger partial charge in [-0.3, -0.25) is 4.79 Å². The summed E-state index contributed by atoms with van der Waals surface area (Å²) in [6.45, 7) is 8.34. The molecule has 2 amide bonds. The highest BCUT2D eigenvalue weighted by molar-refractivity contribution is 5.74. The molecule has 7 heteroatoms. The SMILES string of the molecule is CCCN(C(=O)NCc1ccccc1)C1CCN(CC2CCC(NC(C)C(=O)O)C2)CC1. The minimum absolute atomic E-state index is 0.0476. The van der Waals surface area contributed by atoms with Crippen molar-refractivity contribution in [2.75, 3.05) is 26.2 Å². The number of carboxylic acids is 1. The zero-order valence-electron chi connectivity index (χ0n) is 19.6. The van der Waals surface area contributed by atoms with E-state index < -0.39 is 12.0 Å². The Bertz CT molecular complexity index is 721. The molecule has 1 aromatic rings. The number of carbonyl (C=O) groups excluding carboxylic acids is 1. The number of hydrogen-bond acceptors (Lipinski definition) is 4. The summed E-state index contributed by atoms with van der Waals surface area (Å²) in [5.74, 6) is -0.147. The Balaban J connectivity index is 1.42. The van der Waals surface area contributed by atoms with E-state index in [2.05, 4.69) is 22.5 Å². The number of nitrogens with zero attached hydrogens (tertiary/aromatic N) is 2. The lowest BCUT2D eigenvalue weighted by atomic mass is 10.0. The number of carboxylic acid groups (broad SMARTS) is 1. The molecular formula is C25H40N4O3.